The zero-order chi connectivity index (χ0) is 56.7. The number of hydrogen-bond donors (Lipinski definition) is 6. The van der Waals surface area contributed by atoms with Crippen molar-refractivity contribution in [1.29, 1.82) is 0 Å². The van der Waals surface area contributed by atoms with Gasteiger partial charge in [0.25, 0.3) is 0 Å². The van der Waals surface area contributed by atoms with Crippen LogP contribution in [0.1, 0.15) is 101 Å². The second kappa shape index (κ2) is 28.1. The number of ether oxygens (including phenoxy) is 2. The number of esters is 1. The number of amides is 9. The Balaban J connectivity index is 1.94. The molecule has 7 N–H and O–H groups in total. The molecule has 420 valence electrons. The Hall–Kier alpha value is -6.24. The van der Waals surface area contributed by atoms with Crippen LogP contribution in [0.2, 0.25) is 0 Å². The first-order chi connectivity index (χ1) is 34.9. The van der Waals surface area contributed by atoms with E-state index in [1.807, 2.05) is 13.8 Å². The van der Waals surface area contributed by atoms with Crippen LogP contribution < -0.4 is 16.4 Å². The molecular weight excluding hydrogens is 979 g/mol. The monoisotopic (exact) mass is 1060 g/mol. The van der Waals surface area contributed by atoms with E-state index in [1.165, 1.54) is 14.7 Å². The average molecular weight is 1060 g/mol. The fraction of sp³-hybridized carbons (Fsp3) is 0.686. The zero-order valence-electron chi connectivity index (χ0n) is 45.4. The second-order valence-corrected chi connectivity index (χ2v) is 21.6. The van der Waals surface area contributed by atoms with Gasteiger partial charge in [0.2, 0.25) is 53.2 Å². The number of nitrogens with zero attached hydrogens (tertiary/aromatic N) is 6. The maximum Gasteiger partial charge on any atom is 0.326 e. The molecule has 24 nitrogen and oxygen atoms in total. The lowest BCUT2D eigenvalue weighted by Gasteiger charge is -2.42. The number of nitrogens with one attached hydrogen (secondary N) is 2. The molecule has 24 heteroatoms. The van der Waals surface area contributed by atoms with Crippen LogP contribution in [0.5, 0.6) is 0 Å². The van der Waals surface area contributed by atoms with Crippen molar-refractivity contribution >= 4 is 59.1 Å². The van der Waals surface area contributed by atoms with Crippen LogP contribution in [-0.4, -0.2) is 218 Å². The van der Waals surface area contributed by atoms with E-state index >= 15 is 0 Å². The topological polar surface area (TPSA) is 319 Å². The molecule has 2 unspecified atom stereocenters. The Morgan fingerprint density at radius 2 is 1.36 bits per heavy atom. The van der Waals surface area contributed by atoms with Gasteiger partial charge in [0.05, 0.1) is 19.7 Å². The maximum absolute atomic E-state index is 14.7. The van der Waals surface area contributed by atoms with Gasteiger partial charge in [0, 0.05) is 38.0 Å². The van der Waals surface area contributed by atoms with E-state index in [-0.39, 0.29) is 50.5 Å². The van der Waals surface area contributed by atoms with Crippen LogP contribution >= 0.6 is 0 Å². The second-order valence-electron chi connectivity index (χ2n) is 21.6. The van der Waals surface area contributed by atoms with E-state index in [1.54, 1.807) is 85.7 Å². The number of aliphatic hydroxyl groups excluding tert-OH is 3. The number of aliphatic hydroxyl groups is 3. The van der Waals surface area contributed by atoms with Gasteiger partial charge in [0.15, 0.2) is 6.23 Å². The van der Waals surface area contributed by atoms with Crippen molar-refractivity contribution in [2.45, 2.75) is 150 Å². The molecule has 1 aromatic rings. The molecule has 2 heterocycles. The van der Waals surface area contributed by atoms with Crippen molar-refractivity contribution < 1.29 is 72.7 Å². The van der Waals surface area contributed by atoms with Crippen LogP contribution in [0, 0.1) is 11.3 Å². The summed E-state index contributed by atoms with van der Waals surface area (Å²) in [4.78, 5) is 143. The van der Waals surface area contributed by atoms with Crippen LogP contribution in [0.25, 0.3) is 0 Å². The molecule has 2 aliphatic rings. The van der Waals surface area contributed by atoms with E-state index in [2.05, 4.69) is 10.6 Å². The van der Waals surface area contributed by atoms with E-state index in [0.717, 1.165) is 21.6 Å². The maximum atomic E-state index is 14.7. The Kier molecular flexibility index (Phi) is 23.6. The summed E-state index contributed by atoms with van der Waals surface area (Å²) in [7, 11) is 0. The van der Waals surface area contributed by atoms with Crippen LogP contribution in [0.15, 0.2) is 30.3 Å². The van der Waals surface area contributed by atoms with Gasteiger partial charge in [0.1, 0.15) is 68.7 Å². The average Bonchev–Trinajstić information content (AvgIpc) is 3.81. The molecule has 0 aliphatic carbocycles. The molecular formula is C51H81N9O15. The summed E-state index contributed by atoms with van der Waals surface area (Å²) in [5, 5.41) is 35.8. The fourth-order valence-electron chi connectivity index (χ4n) is 8.54. The highest BCUT2D eigenvalue weighted by molar-refractivity contribution is 5.96. The van der Waals surface area contributed by atoms with Crippen LogP contribution in [0.4, 0.5) is 0 Å². The number of likely N-dealkylation sites (tertiary alicyclic amines) is 1. The van der Waals surface area contributed by atoms with Crippen molar-refractivity contribution in [2.75, 3.05) is 65.5 Å². The van der Waals surface area contributed by atoms with Gasteiger partial charge in [-0.2, -0.15) is 0 Å². The summed E-state index contributed by atoms with van der Waals surface area (Å²) in [5.41, 5.74) is 4.43. The highest BCUT2D eigenvalue weighted by Gasteiger charge is 2.46. The van der Waals surface area contributed by atoms with E-state index in [4.69, 9.17) is 15.2 Å². The third-order valence-electron chi connectivity index (χ3n) is 12.4. The number of primary amides is 1. The van der Waals surface area contributed by atoms with Gasteiger partial charge in [-0.05, 0) is 58.4 Å². The highest BCUT2D eigenvalue weighted by Crippen LogP contribution is 2.25. The number of benzene rings is 1. The number of rotatable bonds is 24. The Morgan fingerprint density at radius 3 is 1.89 bits per heavy atom. The minimum absolute atomic E-state index is 0.104. The lowest BCUT2D eigenvalue weighted by molar-refractivity contribution is -0.203. The first kappa shape index (κ1) is 63.1. The van der Waals surface area contributed by atoms with Gasteiger partial charge in [-0.25, -0.2) is 0 Å². The van der Waals surface area contributed by atoms with Gasteiger partial charge in [-0.3, -0.25) is 47.9 Å². The normalized spacial score (nSPS) is 20.1. The number of hydrogen-bond acceptors (Lipinski definition) is 15. The Morgan fingerprint density at radius 1 is 0.787 bits per heavy atom. The minimum atomic E-state index is -1.72. The molecule has 0 bridgehead atoms. The largest absolute Gasteiger partial charge is 0.459 e. The fourth-order valence-corrected chi connectivity index (χ4v) is 8.54. The van der Waals surface area contributed by atoms with Gasteiger partial charge in [-0.15, -0.1) is 0 Å². The summed E-state index contributed by atoms with van der Waals surface area (Å²) in [5.74, 6) is -7.81. The van der Waals surface area contributed by atoms with Gasteiger partial charge >= 0.3 is 5.97 Å². The molecule has 2 saturated heterocycles. The molecule has 1 aromatic carbocycles. The molecule has 9 amide bonds. The van der Waals surface area contributed by atoms with Crippen molar-refractivity contribution in [3.63, 3.8) is 0 Å². The summed E-state index contributed by atoms with van der Waals surface area (Å²) in [6.07, 6.45) is -5.01. The lowest BCUT2D eigenvalue weighted by atomic mass is 9.93. The standard InChI is InChI=1S/C51H81N9O15/c1-12-32(4)60(49(73)50(6,7)8)28-42(68)59-20-16-19-35(59)48(72)58(22-34-17-14-13-15-18-34)27-41(67)56(23-37(52)63)26-39(65)55(21-31(2)3)25-40(66)57(29-43(69)75-51(9,10)11)24-38(64)54-47-44(53-33(5)62)46(71)45(70)36(30-61)74-47/h13-15,17-18,31-32,35-36,44-47,61,70-71H,12,16,19-30H2,1-11H3,(H2,52,63)(H,53,62)(H,54,64)/t32?,35?,36-,44-,45-,46-,47-/m1/s1. The Bertz CT molecular complexity index is 2180. The van der Waals surface area contributed by atoms with Crippen LogP contribution in [0.3, 0.4) is 0 Å². The highest BCUT2D eigenvalue weighted by atomic mass is 16.6. The number of carbonyl (C=O) groups is 10. The third kappa shape index (κ3) is 19.4. The van der Waals surface area contributed by atoms with Crippen LogP contribution in [-0.2, 0) is 64.0 Å². The summed E-state index contributed by atoms with van der Waals surface area (Å²) in [6, 6.07) is 6.02. The predicted octanol–water partition coefficient (Wildman–Crippen LogP) is -1.29. The van der Waals surface area contributed by atoms with Gasteiger partial charge in [-0.1, -0.05) is 71.9 Å². The zero-order valence-corrected chi connectivity index (χ0v) is 45.4. The number of nitrogens with two attached hydrogens (primary N) is 1. The molecule has 0 aromatic heterocycles. The third-order valence-corrected chi connectivity index (χ3v) is 12.4. The Labute approximate surface area is 439 Å². The first-order valence-electron chi connectivity index (χ1n) is 25.3. The molecule has 0 spiro atoms. The first-order valence-corrected chi connectivity index (χ1v) is 25.3. The smallest absolute Gasteiger partial charge is 0.326 e. The SMILES string of the molecule is CCC(C)N(CC(=O)N1CCCC1C(=O)N(CC(=O)N(CC(N)=O)CC(=O)N(CC(=O)N(CC(=O)N[C@@H]1O[C@H](CO)[C@@H](O)[C@H](O)[C@H]1NC(C)=O)CC(=O)OC(C)(C)C)CC(C)C)Cc1ccccc1)C(=O)C(C)(C)C. The molecule has 0 saturated carbocycles. The summed E-state index contributed by atoms with van der Waals surface area (Å²) < 4.78 is 11.0. The lowest BCUT2D eigenvalue weighted by Crippen LogP contribution is -2.68. The van der Waals surface area contributed by atoms with E-state index < -0.39 is 147 Å². The molecule has 3 rings (SSSR count). The molecule has 2 aliphatic heterocycles. The minimum Gasteiger partial charge on any atom is -0.459 e. The van der Waals surface area contributed by atoms with Crippen molar-refractivity contribution in [2.24, 2.45) is 17.1 Å². The van der Waals surface area contributed by atoms with Crippen molar-refractivity contribution in [1.82, 2.24) is 40.0 Å². The van der Waals surface area contributed by atoms with E-state index in [9.17, 15) is 63.3 Å². The summed E-state index contributed by atoms with van der Waals surface area (Å²) >= 11 is 0. The predicted molar refractivity (Wildman–Crippen MR) is 271 cm³/mol. The molecule has 75 heavy (non-hydrogen) atoms. The molecule has 0 radical (unpaired) electrons. The molecule has 2 fully saturated rings. The quantitative estimate of drug-likeness (QED) is 0.0657. The summed E-state index contributed by atoms with van der Waals surface area (Å²) in [6.45, 7) is 12.6. The number of carbonyl (C=O) groups excluding carboxylic acids is 10. The van der Waals surface area contributed by atoms with Gasteiger partial charge < -0.3 is 70.6 Å². The van der Waals surface area contributed by atoms with E-state index in [0.29, 0.717) is 18.4 Å². The molecule has 7 atom stereocenters. The van der Waals surface area contributed by atoms with Crippen molar-refractivity contribution in [3.8, 4) is 0 Å². The van der Waals surface area contributed by atoms with Crippen molar-refractivity contribution in [3.05, 3.63) is 35.9 Å².